The van der Waals surface area contributed by atoms with Crippen molar-refractivity contribution in [1.82, 2.24) is 9.78 Å². The Morgan fingerprint density at radius 1 is 1.58 bits per heavy atom. The van der Waals surface area contributed by atoms with E-state index in [-0.39, 0.29) is 14.9 Å². The molecule has 0 aliphatic heterocycles. The average Bonchev–Trinajstić information content (AvgIpc) is 2.76. The molecule has 0 atom stereocenters. The van der Waals surface area contributed by atoms with Gasteiger partial charge in [-0.25, -0.2) is 4.39 Å². The number of nitrogens with one attached hydrogen (secondary N) is 1. The Morgan fingerprint density at radius 3 is 2.89 bits per heavy atom. The van der Waals surface area contributed by atoms with Crippen molar-refractivity contribution in [2.24, 2.45) is 7.05 Å². The van der Waals surface area contributed by atoms with Gasteiger partial charge in [-0.1, -0.05) is 0 Å². The van der Waals surface area contributed by atoms with Crippen LogP contribution in [0.1, 0.15) is 5.56 Å². The van der Waals surface area contributed by atoms with Crippen LogP contribution in [0.2, 0.25) is 0 Å². The largest absolute Gasteiger partial charge is 0.375 e. The molecule has 1 aromatic carbocycles. The first-order chi connectivity index (χ1) is 8.97. The number of benzene rings is 1. The molecule has 100 valence electrons. The molecule has 2 rings (SSSR count). The molecule has 0 bridgehead atoms. The molecule has 1 heterocycles. The highest BCUT2D eigenvalue weighted by Gasteiger charge is 2.17. The van der Waals surface area contributed by atoms with Crippen LogP contribution in [-0.4, -0.2) is 14.7 Å². The summed E-state index contributed by atoms with van der Waals surface area (Å²) in [5.74, 6) is -0.486. The van der Waals surface area contributed by atoms with Gasteiger partial charge in [-0.2, -0.15) is 5.10 Å². The van der Waals surface area contributed by atoms with Crippen LogP contribution in [0.5, 0.6) is 0 Å². The summed E-state index contributed by atoms with van der Waals surface area (Å²) >= 11 is 1.72. The lowest BCUT2D eigenvalue weighted by Crippen LogP contribution is -2.03. The molecule has 0 fully saturated rings. The summed E-state index contributed by atoms with van der Waals surface area (Å²) in [7, 11) is 1.77. The zero-order valence-electron chi connectivity index (χ0n) is 9.93. The number of aryl methyl sites for hydroxylation is 1. The van der Waals surface area contributed by atoms with E-state index in [0.717, 1.165) is 11.6 Å². The fraction of sp³-hybridized carbons (Fsp3) is 0.182. The van der Waals surface area contributed by atoms with Gasteiger partial charge in [0.1, 0.15) is 11.5 Å². The average molecular weight is 376 g/mol. The van der Waals surface area contributed by atoms with Gasteiger partial charge < -0.3 is 5.32 Å². The smallest absolute Gasteiger partial charge is 0.293 e. The fourth-order valence-corrected chi connectivity index (χ4v) is 2.04. The van der Waals surface area contributed by atoms with Gasteiger partial charge >= 0.3 is 0 Å². The maximum atomic E-state index is 13.5. The predicted molar refractivity (Wildman–Crippen MR) is 76.3 cm³/mol. The molecular formula is C11H10FIN4O2. The van der Waals surface area contributed by atoms with Gasteiger partial charge in [-0.05, 0) is 22.6 Å². The minimum absolute atomic E-state index is 0.144. The normalized spacial score (nSPS) is 10.5. The van der Waals surface area contributed by atoms with Gasteiger partial charge in [0.15, 0.2) is 0 Å². The van der Waals surface area contributed by atoms with Crippen LogP contribution in [-0.2, 0) is 13.6 Å². The van der Waals surface area contributed by atoms with Crippen LogP contribution < -0.4 is 5.32 Å². The van der Waals surface area contributed by atoms with Crippen molar-refractivity contribution in [3.63, 3.8) is 0 Å². The lowest BCUT2D eigenvalue weighted by atomic mass is 10.2. The maximum Gasteiger partial charge on any atom is 0.293 e. The SMILES string of the molecule is Cn1cc(CNc2cc(F)c(I)cc2[N+](=O)[O-])cn1. The van der Waals surface area contributed by atoms with Gasteiger partial charge in [0.25, 0.3) is 5.69 Å². The third kappa shape index (κ3) is 3.19. The third-order valence-corrected chi connectivity index (χ3v) is 3.30. The number of nitro benzene ring substituents is 1. The van der Waals surface area contributed by atoms with Crippen molar-refractivity contribution in [1.29, 1.82) is 0 Å². The number of hydrogen-bond donors (Lipinski definition) is 1. The lowest BCUT2D eigenvalue weighted by molar-refractivity contribution is -0.384. The monoisotopic (exact) mass is 376 g/mol. The summed E-state index contributed by atoms with van der Waals surface area (Å²) in [5.41, 5.74) is 0.872. The number of aromatic nitrogens is 2. The van der Waals surface area contributed by atoms with Crippen molar-refractivity contribution >= 4 is 34.0 Å². The molecule has 0 aliphatic rings. The number of nitro groups is 1. The summed E-state index contributed by atoms with van der Waals surface area (Å²) < 4.78 is 15.3. The first kappa shape index (κ1) is 13.7. The number of halogens is 2. The molecule has 0 unspecified atom stereocenters. The number of hydrogen-bond acceptors (Lipinski definition) is 4. The lowest BCUT2D eigenvalue weighted by Gasteiger charge is -2.07. The molecule has 19 heavy (non-hydrogen) atoms. The van der Waals surface area contributed by atoms with Crippen LogP contribution in [0, 0.1) is 19.5 Å². The minimum Gasteiger partial charge on any atom is -0.375 e. The molecule has 0 saturated carbocycles. The summed E-state index contributed by atoms with van der Waals surface area (Å²) in [5, 5.41) is 17.8. The summed E-state index contributed by atoms with van der Waals surface area (Å²) in [6, 6.07) is 2.34. The Balaban J connectivity index is 2.23. The molecular weight excluding hydrogens is 366 g/mol. The maximum absolute atomic E-state index is 13.5. The molecule has 6 nitrogen and oxygen atoms in total. The predicted octanol–water partition coefficient (Wildman–Crippen LogP) is 2.68. The van der Waals surface area contributed by atoms with Gasteiger partial charge in [0.05, 0.1) is 14.7 Å². The molecule has 0 aliphatic carbocycles. The first-order valence-corrected chi connectivity index (χ1v) is 6.40. The van der Waals surface area contributed by atoms with Gasteiger partial charge in [0, 0.05) is 37.5 Å². The fourth-order valence-electron chi connectivity index (χ4n) is 1.59. The molecule has 0 spiro atoms. The highest BCUT2D eigenvalue weighted by Crippen LogP contribution is 2.28. The molecule has 1 aromatic heterocycles. The number of anilines is 1. The molecule has 0 radical (unpaired) electrons. The zero-order valence-corrected chi connectivity index (χ0v) is 12.1. The van der Waals surface area contributed by atoms with Crippen molar-refractivity contribution in [3.05, 3.63) is 49.6 Å². The second-order valence-electron chi connectivity index (χ2n) is 3.92. The first-order valence-electron chi connectivity index (χ1n) is 5.32. The number of nitrogens with zero attached hydrogens (tertiary/aromatic N) is 3. The van der Waals surface area contributed by atoms with Crippen LogP contribution in [0.15, 0.2) is 24.5 Å². The molecule has 8 heteroatoms. The second kappa shape index (κ2) is 5.51. The van der Waals surface area contributed by atoms with E-state index in [4.69, 9.17) is 0 Å². The van der Waals surface area contributed by atoms with E-state index in [1.165, 1.54) is 6.07 Å². The van der Waals surface area contributed by atoms with E-state index in [1.807, 2.05) is 0 Å². The van der Waals surface area contributed by atoms with Crippen LogP contribution >= 0.6 is 22.6 Å². The Morgan fingerprint density at radius 2 is 2.32 bits per heavy atom. The molecule has 2 aromatic rings. The Kier molecular flexibility index (Phi) is 3.98. The summed E-state index contributed by atoms with van der Waals surface area (Å²) in [6.45, 7) is 0.342. The van der Waals surface area contributed by atoms with Crippen LogP contribution in [0.4, 0.5) is 15.8 Å². The Bertz CT molecular complexity index is 629. The van der Waals surface area contributed by atoms with Gasteiger partial charge in [0.2, 0.25) is 0 Å². The quantitative estimate of drug-likeness (QED) is 0.506. The van der Waals surface area contributed by atoms with Gasteiger partial charge in [-0.3, -0.25) is 14.8 Å². The van der Waals surface area contributed by atoms with Crippen molar-refractivity contribution < 1.29 is 9.31 Å². The minimum atomic E-state index is -0.535. The second-order valence-corrected chi connectivity index (χ2v) is 5.08. The number of rotatable bonds is 4. The third-order valence-electron chi connectivity index (χ3n) is 2.48. The van der Waals surface area contributed by atoms with E-state index >= 15 is 0 Å². The van der Waals surface area contributed by atoms with Gasteiger partial charge in [-0.15, -0.1) is 0 Å². The standard InChI is InChI=1S/C11H10FIN4O2/c1-16-6-7(5-15-16)4-14-10-2-8(12)9(13)3-11(10)17(18)19/h2-3,5-6,14H,4H2,1H3. The highest BCUT2D eigenvalue weighted by atomic mass is 127. The highest BCUT2D eigenvalue weighted by molar-refractivity contribution is 14.1. The Labute approximate surface area is 121 Å². The van der Waals surface area contributed by atoms with E-state index < -0.39 is 10.7 Å². The van der Waals surface area contributed by atoms with E-state index in [9.17, 15) is 14.5 Å². The van der Waals surface area contributed by atoms with E-state index in [0.29, 0.717) is 6.54 Å². The molecule has 0 amide bonds. The van der Waals surface area contributed by atoms with E-state index in [1.54, 1.807) is 46.7 Å². The van der Waals surface area contributed by atoms with Crippen molar-refractivity contribution in [3.8, 4) is 0 Å². The Hall–Kier alpha value is -1.71. The van der Waals surface area contributed by atoms with Crippen LogP contribution in [0.3, 0.4) is 0 Å². The van der Waals surface area contributed by atoms with E-state index in [2.05, 4.69) is 10.4 Å². The summed E-state index contributed by atoms with van der Waals surface area (Å²) in [6.07, 6.45) is 3.42. The topological polar surface area (TPSA) is 73.0 Å². The zero-order chi connectivity index (χ0) is 14.0. The van der Waals surface area contributed by atoms with Crippen LogP contribution in [0.25, 0.3) is 0 Å². The molecule has 1 N–H and O–H groups in total. The molecule has 0 saturated heterocycles. The van der Waals surface area contributed by atoms with Crippen molar-refractivity contribution in [2.75, 3.05) is 5.32 Å². The summed E-state index contributed by atoms with van der Waals surface area (Å²) in [4.78, 5) is 10.4. The van der Waals surface area contributed by atoms with Crippen molar-refractivity contribution in [2.45, 2.75) is 6.54 Å².